The van der Waals surface area contributed by atoms with Crippen molar-refractivity contribution in [3.8, 4) is 0 Å². The summed E-state index contributed by atoms with van der Waals surface area (Å²) in [6, 6.07) is 12.6. The summed E-state index contributed by atoms with van der Waals surface area (Å²) in [6.45, 7) is 1.84. The van der Waals surface area contributed by atoms with Gasteiger partial charge in [-0.05, 0) is 48.6 Å². The highest BCUT2D eigenvalue weighted by Crippen LogP contribution is 2.36. The maximum absolute atomic E-state index is 12.0. The molecule has 3 rings (SSSR count). The van der Waals surface area contributed by atoms with Crippen LogP contribution >= 0.6 is 11.6 Å². The van der Waals surface area contributed by atoms with Crippen LogP contribution in [0.4, 0.5) is 5.69 Å². The molecule has 3 N–H and O–H groups in total. The van der Waals surface area contributed by atoms with E-state index in [1.165, 1.54) is 0 Å². The lowest BCUT2D eigenvalue weighted by Gasteiger charge is -2.24. The third-order valence-corrected chi connectivity index (χ3v) is 4.91. The summed E-state index contributed by atoms with van der Waals surface area (Å²) in [4.78, 5) is 24.1. The predicted octanol–water partition coefficient (Wildman–Crippen LogP) is 2.54. The molecule has 2 aromatic rings. The van der Waals surface area contributed by atoms with Gasteiger partial charge in [0.15, 0.2) is 0 Å². The van der Waals surface area contributed by atoms with Crippen LogP contribution in [0.3, 0.4) is 0 Å². The van der Waals surface area contributed by atoms with Crippen molar-refractivity contribution in [2.45, 2.75) is 25.4 Å². The Balaban J connectivity index is 1.61. The number of aryl methyl sites for hydroxylation is 2. The lowest BCUT2D eigenvalue weighted by molar-refractivity contribution is -0.136. The van der Waals surface area contributed by atoms with Gasteiger partial charge in [0.05, 0.1) is 6.54 Å². The van der Waals surface area contributed by atoms with Gasteiger partial charge in [-0.3, -0.25) is 9.59 Å². The summed E-state index contributed by atoms with van der Waals surface area (Å²) in [5.41, 5.74) is 2.06. The van der Waals surface area contributed by atoms with Crippen LogP contribution in [0.25, 0.3) is 0 Å². The molecule has 0 aliphatic heterocycles. The first kappa shape index (κ1) is 17.5. The summed E-state index contributed by atoms with van der Waals surface area (Å²) in [6.07, 6.45) is 1.26. The Labute approximate surface area is 151 Å². The van der Waals surface area contributed by atoms with Gasteiger partial charge >= 0.3 is 11.8 Å². The molecule has 5 nitrogen and oxygen atoms in total. The summed E-state index contributed by atoms with van der Waals surface area (Å²) >= 11 is 6.01. The Bertz CT molecular complexity index is 837. The highest BCUT2D eigenvalue weighted by molar-refractivity contribution is 6.39. The largest absolute Gasteiger partial charge is 0.383 e. The van der Waals surface area contributed by atoms with E-state index in [4.69, 9.17) is 11.6 Å². The fourth-order valence-electron chi connectivity index (χ4n) is 3.02. The molecule has 0 bridgehead atoms. The van der Waals surface area contributed by atoms with E-state index in [-0.39, 0.29) is 6.54 Å². The molecule has 0 saturated carbocycles. The number of hydrogen-bond acceptors (Lipinski definition) is 3. The molecule has 0 spiro atoms. The zero-order chi connectivity index (χ0) is 18.0. The monoisotopic (exact) mass is 358 g/mol. The molecule has 1 aliphatic carbocycles. The van der Waals surface area contributed by atoms with Crippen molar-refractivity contribution in [2.75, 3.05) is 11.9 Å². The zero-order valence-corrected chi connectivity index (χ0v) is 14.6. The smallest absolute Gasteiger partial charge is 0.313 e. The van der Waals surface area contributed by atoms with E-state index >= 15 is 0 Å². The molecule has 130 valence electrons. The lowest BCUT2D eigenvalue weighted by Crippen LogP contribution is -2.43. The van der Waals surface area contributed by atoms with E-state index in [9.17, 15) is 14.7 Å². The molecule has 1 atom stereocenters. The molecule has 0 heterocycles. The summed E-state index contributed by atoms with van der Waals surface area (Å²) in [7, 11) is 0. The Hall–Kier alpha value is -2.37. The Morgan fingerprint density at radius 1 is 1.20 bits per heavy atom. The van der Waals surface area contributed by atoms with Crippen molar-refractivity contribution >= 4 is 29.1 Å². The average Bonchev–Trinajstić information content (AvgIpc) is 2.94. The van der Waals surface area contributed by atoms with Gasteiger partial charge in [-0.1, -0.05) is 41.9 Å². The number of anilines is 1. The lowest BCUT2D eigenvalue weighted by atomic mass is 9.96. The number of hydrogen-bond donors (Lipinski definition) is 3. The van der Waals surface area contributed by atoms with Crippen LogP contribution < -0.4 is 10.6 Å². The van der Waals surface area contributed by atoms with E-state index in [0.717, 1.165) is 23.1 Å². The number of amides is 2. The van der Waals surface area contributed by atoms with Crippen molar-refractivity contribution in [1.29, 1.82) is 0 Å². The Morgan fingerprint density at radius 3 is 2.72 bits per heavy atom. The number of benzene rings is 2. The first-order chi connectivity index (χ1) is 11.9. The van der Waals surface area contributed by atoms with Crippen LogP contribution in [0.5, 0.6) is 0 Å². The van der Waals surface area contributed by atoms with E-state index in [1.54, 1.807) is 18.2 Å². The molecule has 0 aromatic heterocycles. The van der Waals surface area contributed by atoms with Gasteiger partial charge in [0.2, 0.25) is 0 Å². The van der Waals surface area contributed by atoms with Gasteiger partial charge in [0.25, 0.3) is 0 Å². The predicted molar refractivity (Wildman–Crippen MR) is 96.5 cm³/mol. The van der Waals surface area contributed by atoms with Crippen molar-refractivity contribution in [3.63, 3.8) is 0 Å². The molecule has 1 aliphatic rings. The second kappa shape index (κ2) is 6.86. The summed E-state index contributed by atoms with van der Waals surface area (Å²) in [5.74, 6) is -1.59. The van der Waals surface area contributed by atoms with Gasteiger partial charge in [0, 0.05) is 10.7 Å². The van der Waals surface area contributed by atoms with E-state index in [1.807, 2.05) is 31.2 Å². The molecule has 25 heavy (non-hydrogen) atoms. The number of rotatable bonds is 3. The van der Waals surface area contributed by atoms with Gasteiger partial charge < -0.3 is 15.7 Å². The molecule has 2 aromatic carbocycles. The van der Waals surface area contributed by atoms with Crippen LogP contribution in [0, 0.1) is 6.92 Å². The molecule has 2 amide bonds. The van der Waals surface area contributed by atoms with Crippen molar-refractivity contribution < 1.29 is 14.7 Å². The molecule has 0 saturated heterocycles. The minimum absolute atomic E-state index is 0.00901. The van der Waals surface area contributed by atoms with Crippen LogP contribution in [0.2, 0.25) is 5.02 Å². The fourth-order valence-corrected chi connectivity index (χ4v) is 3.20. The molecule has 0 fully saturated rings. The van der Waals surface area contributed by atoms with Gasteiger partial charge in [-0.25, -0.2) is 0 Å². The number of carbonyl (C=O) groups is 2. The minimum Gasteiger partial charge on any atom is -0.383 e. The van der Waals surface area contributed by atoms with Gasteiger partial charge in [-0.15, -0.1) is 0 Å². The SMILES string of the molecule is Cc1ccc(NC(=O)C(=O)NCC2(O)CCc3ccccc32)cc1Cl. The molecule has 1 unspecified atom stereocenters. The quantitative estimate of drug-likeness (QED) is 0.738. The third kappa shape index (κ3) is 3.67. The van der Waals surface area contributed by atoms with Crippen molar-refractivity contribution in [3.05, 3.63) is 64.2 Å². The number of nitrogens with one attached hydrogen (secondary N) is 2. The number of aliphatic hydroxyl groups is 1. The molecular weight excluding hydrogens is 340 g/mol. The highest BCUT2D eigenvalue weighted by atomic mass is 35.5. The molecular formula is C19H19ClN2O3. The zero-order valence-electron chi connectivity index (χ0n) is 13.8. The topological polar surface area (TPSA) is 78.4 Å². The van der Waals surface area contributed by atoms with Crippen molar-refractivity contribution in [1.82, 2.24) is 5.32 Å². The van der Waals surface area contributed by atoms with Crippen LogP contribution in [-0.2, 0) is 21.6 Å². The van der Waals surface area contributed by atoms with Gasteiger partial charge in [-0.2, -0.15) is 0 Å². The number of fused-ring (bicyclic) bond motifs is 1. The Morgan fingerprint density at radius 2 is 1.96 bits per heavy atom. The van der Waals surface area contributed by atoms with E-state index in [2.05, 4.69) is 10.6 Å². The first-order valence-electron chi connectivity index (χ1n) is 8.05. The first-order valence-corrected chi connectivity index (χ1v) is 8.43. The summed E-state index contributed by atoms with van der Waals surface area (Å²) in [5, 5.41) is 16.3. The second-order valence-electron chi connectivity index (χ2n) is 6.29. The number of carbonyl (C=O) groups excluding carboxylic acids is 2. The van der Waals surface area contributed by atoms with E-state index in [0.29, 0.717) is 17.1 Å². The Kier molecular flexibility index (Phi) is 4.79. The second-order valence-corrected chi connectivity index (χ2v) is 6.70. The third-order valence-electron chi connectivity index (χ3n) is 4.50. The standard InChI is InChI=1S/C19H19ClN2O3/c1-12-6-7-14(10-16(12)20)22-18(24)17(23)21-11-19(25)9-8-13-4-2-3-5-15(13)19/h2-7,10,25H,8-9,11H2,1H3,(H,21,23)(H,22,24). The average molecular weight is 359 g/mol. The van der Waals surface area contributed by atoms with Crippen LogP contribution in [0.15, 0.2) is 42.5 Å². The fraction of sp³-hybridized carbons (Fsp3) is 0.263. The summed E-state index contributed by atoms with van der Waals surface area (Å²) < 4.78 is 0. The normalized spacial score (nSPS) is 18.5. The van der Waals surface area contributed by atoms with Crippen LogP contribution in [0.1, 0.15) is 23.1 Å². The molecule has 0 radical (unpaired) electrons. The highest BCUT2D eigenvalue weighted by Gasteiger charge is 2.37. The van der Waals surface area contributed by atoms with E-state index < -0.39 is 17.4 Å². The number of halogens is 1. The molecule has 6 heteroatoms. The maximum Gasteiger partial charge on any atom is 0.313 e. The maximum atomic E-state index is 12.0. The minimum atomic E-state index is -1.14. The van der Waals surface area contributed by atoms with Gasteiger partial charge in [0.1, 0.15) is 5.60 Å². The van der Waals surface area contributed by atoms with Crippen molar-refractivity contribution in [2.24, 2.45) is 0 Å². The van der Waals surface area contributed by atoms with Crippen LogP contribution in [-0.4, -0.2) is 23.5 Å².